The fraction of sp³-hybridized carbons (Fsp3) is 1.00. The highest BCUT2D eigenvalue weighted by atomic mass is 32.3. The Morgan fingerprint density at radius 2 is 1.94 bits per heavy atom. The van der Waals surface area contributed by atoms with Crippen molar-refractivity contribution in [2.24, 2.45) is 0 Å². The molecule has 1 saturated heterocycles. The quantitative estimate of drug-likeness (QED) is 0.430. The van der Waals surface area contributed by atoms with E-state index >= 15 is 0 Å². The molecule has 0 aliphatic carbocycles. The fourth-order valence-corrected chi connectivity index (χ4v) is 1.82. The summed E-state index contributed by atoms with van der Waals surface area (Å²) < 4.78 is 31.0. The average molecular weight is 255 g/mol. The largest absolute Gasteiger partial charge is 0.726 e. The van der Waals surface area contributed by atoms with E-state index in [2.05, 4.69) is 42.2 Å². The van der Waals surface area contributed by atoms with Gasteiger partial charge >= 0.3 is 0 Å². The average Bonchev–Trinajstić information content (AvgIpc) is 2.46. The first-order valence-corrected chi connectivity index (χ1v) is 6.22. The highest BCUT2D eigenvalue weighted by Crippen LogP contribution is 1.94. The molecule has 0 saturated carbocycles. The van der Waals surface area contributed by atoms with Crippen LogP contribution in [-0.2, 0) is 14.6 Å². The number of quaternary nitrogens is 1. The smallest absolute Gasteiger partial charge is 0.217 e. The second kappa shape index (κ2) is 6.48. The number of nitrogens with zero attached hydrogens (tertiary/aromatic N) is 2. The van der Waals surface area contributed by atoms with Gasteiger partial charge in [0, 0.05) is 0 Å². The molecule has 1 N–H and O–H groups in total. The van der Waals surface area contributed by atoms with Crippen molar-refractivity contribution in [3.63, 3.8) is 0 Å². The van der Waals surface area contributed by atoms with Crippen LogP contribution in [0, 0.1) is 0 Å². The van der Waals surface area contributed by atoms with Gasteiger partial charge in [0.05, 0.1) is 27.2 Å². The molecule has 2 unspecified atom stereocenters. The van der Waals surface area contributed by atoms with Crippen LogP contribution in [0.15, 0.2) is 0 Å². The molecule has 0 bridgehead atoms. The van der Waals surface area contributed by atoms with Gasteiger partial charge < -0.3 is 9.45 Å². The van der Waals surface area contributed by atoms with Crippen LogP contribution in [0.4, 0.5) is 0 Å². The summed E-state index contributed by atoms with van der Waals surface area (Å²) in [6.07, 6.45) is 0.583. The molecule has 98 valence electrons. The molecule has 2 atom stereocenters. The topological polar surface area (TPSA) is 77.3 Å². The molecule has 7 nitrogen and oxygen atoms in total. The predicted molar refractivity (Wildman–Crippen MR) is 58.6 cm³/mol. The summed E-state index contributed by atoms with van der Waals surface area (Å²) in [4.78, 5) is 6.24. The van der Waals surface area contributed by atoms with Crippen LogP contribution in [0.5, 0.6) is 0 Å². The van der Waals surface area contributed by atoms with Crippen molar-refractivity contribution < 1.29 is 22.1 Å². The maximum atomic E-state index is 9.22. The van der Waals surface area contributed by atoms with Crippen molar-refractivity contribution in [2.75, 3.05) is 48.4 Å². The van der Waals surface area contributed by atoms with Crippen LogP contribution in [0.25, 0.3) is 0 Å². The lowest BCUT2D eigenvalue weighted by molar-refractivity contribution is -0.910. The van der Waals surface area contributed by atoms with E-state index in [1.807, 2.05) is 0 Å². The van der Waals surface area contributed by atoms with Crippen LogP contribution in [0.2, 0.25) is 0 Å². The number of likely N-dealkylation sites (N-methyl/N-ethyl adjacent to an activating group) is 2. The van der Waals surface area contributed by atoms with Crippen molar-refractivity contribution in [3.8, 4) is 0 Å². The summed E-state index contributed by atoms with van der Waals surface area (Å²) >= 11 is 0. The van der Waals surface area contributed by atoms with E-state index in [1.54, 1.807) is 4.90 Å². The normalized spacial score (nSPS) is 26.7. The standard InChI is InChI=1S/C7H17N3.CH4O4S/c1-8(2)7-9(3)5-6-10(7)4;1-5-6(2,3)4/h7H,5-6H2,1-4H3;1H3,(H,2,3,4). The molecule has 0 aromatic rings. The summed E-state index contributed by atoms with van der Waals surface area (Å²) in [6, 6.07) is 0. The minimum atomic E-state index is -4.41. The fourth-order valence-electron chi connectivity index (χ4n) is 1.82. The maximum absolute atomic E-state index is 9.22. The number of nitrogens with one attached hydrogen (secondary N) is 1. The van der Waals surface area contributed by atoms with E-state index in [1.165, 1.54) is 13.1 Å². The Hall–Kier alpha value is -0.250. The highest BCUT2D eigenvalue weighted by Gasteiger charge is 2.31. The monoisotopic (exact) mass is 255 g/mol. The first-order chi connectivity index (χ1) is 7.19. The van der Waals surface area contributed by atoms with Gasteiger partial charge in [0.15, 0.2) is 0 Å². The Bertz CT molecular complexity index is 284. The summed E-state index contributed by atoms with van der Waals surface area (Å²) in [7, 11) is 5.09. The Labute approximate surface area is 97.5 Å². The van der Waals surface area contributed by atoms with Gasteiger partial charge in [-0.2, -0.15) is 0 Å². The lowest BCUT2D eigenvalue weighted by atomic mass is 10.6. The van der Waals surface area contributed by atoms with E-state index in [0.29, 0.717) is 6.29 Å². The third-order valence-corrected chi connectivity index (χ3v) is 2.82. The molecular formula is C8H21N3O4S. The number of rotatable bonds is 2. The third-order valence-electron chi connectivity index (χ3n) is 2.41. The Balaban J connectivity index is 0.000000325. The van der Waals surface area contributed by atoms with Crippen LogP contribution in [0.1, 0.15) is 0 Å². The molecule has 0 aromatic carbocycles. The van der Waals surface area contributed by atoms with Gasteiger partial charge in [-0.1, -0.05) is 0 Å². The van der Waals surface area contributed by atoms with Crippen molar-refractivity contribution in [3.05, 3.63) is 0 Å². The molecule has 0 amide bonds. The Morgan fingerprint density at radius 1 is 1.50 bits per heavy atom. The van der Waals surface area contributed by atoms with E-state index in [0.717, 1.165) is 7.11 Å². The molecule has 1 aliphatic rings. The third kappa shape index (κ3) is 5.73. The lowest BCUT2D eigenvalue weighted by Gasteiger charge is -2.27. The number of hydrogen-bond donors (Lipinski definition) is 1. The van der Waals surface area contributed by atoms with Gasteiger partial charge in [-0.15, -0.1) is 0 Å². The van der Waals surface area contributed by atoms with Crippen molar-refractivity contribution in [2.45, 2.75) is 6.29 Å². The van der Waals surface area contributed by atoms with Crippen LogP contribution >= 0.6 is 0 Å². The molecule has 16 heavy (non-hydrogen) atoms. The summed E-state index contributed by atoms with van der Waals surface area (Å²) in [5, 5.41) is 0. The predicted octanol–water partition coefficient (Wildman–Crippen LogP) is -2.62. The molecule has 0 radical (unpaired) electrons. The minimum absolute atomic E-state index is 0.583. The Morgan fingerprint density at radius 3 is 2.06 bits per heavy atom. The van der Waals surface area contributed by atoms with Gasteiger partial charge in [-0.3, -0.25) is 4.18 Å². The van der Waals surface area contributed by atoms with Crippen molar-refractivity contribution >= 4 is 10.4 Å². The molecule has 8 heteroatoms. The molecule has 1 aliphatic heterocycles. The summed E-state index contributed by atoms with van der Waals surface area (Å²) in [5.41, 5.74) is 0. The second-order valence-electron chi connectivity index (χ2n) is 3.99. The molecule has 0 spiro atoms. The van der Waals surface area contributed by atoms with Gasteiger partial charge in [0.1, 0.15) is 0 Å². The lowest BCUT2D eigenvalue weighted by Crippen LogP contribution is -3.13. The number of hydrogen-bond acceptors (Lipinski definition) is 6. The summed E-state index contributed by atoms with van der Waals surface area (Å²) in [6.45, 7) is 2.48. The van der Waals surface area contributed by atoms with Crippen molar-refractivity contribution in [1.29, 1.82) is 0 Å². The minimum Gasteiger partial charge on any atom is -0.726 e. The van der Waals surface area contributed by atoms with Crippen molar-refractivity contribution in [1.82, 2.24) is 9.80 Å². The van der Waals surface area contributed by atoms with Crippen LogP contribution in [0.3, 0.4) is 0 Å². The first-order valence-electron chi connectivity index (χ1n) is 4.89. The van der Waals surface area contributed by atoms with E-state index in [-0.39, 0.29) is 0 Å². The zero-order valence-corrected chi connectivity index (χ0v) is 11.2. The Kier molecular flexibility index (Phi) is 6.38. The summed E-state index contributed by atoms with van der Waals surface area (Å²) in [5.74, 6) is 0. The van der Waals surface area contributed by atoms with Crippen LogP contribution in [-0.4, -0.2) is 77.5 Å². The molecule has 0 aromatic heterocycles. The van der Waals surface area contributed by atoms with Gasteiger partial charge in [0.25, 0.3) is 0 Å². The maximum Gasteiger partial charge on any atom is 0.217 e. The second-order valence-corrected chi connectivity index (χ2v) is 5.14. The first kappa shape index (κ1) is 15.8. The van der Waals surface area contributed by atoms with E-state index < -0.39 is 10.4 Å². The van der Waals surface area contributed by atoms with Gasteiger partial charge in [0.2, 0.25) is 16.7 Å². The molecular weight excluding hydrogens is 234 g/mol. The van der Waals surface area contributed by atoms with E-state index in [9.17, 15) is 13.0 Å². The molecule has 1 heterocycles. The van der Waals surface area contributed by atoms with Gasteiger partial charge in [-0.25, -0.2) is 18.2 Å². The van der Waals surface area contributed by atoms with Crippen LogP contribution < -0.4 is 4.90 Å². The highest BCUT2D eigenvalue weighted by molar-refractivity contribution is 7.80. The zero-order valence-electron chi connectivity index (χ0n) is 10.4. The molecule has 1 rings (SSSR count). The van der Waals surface area contributed by atoms with E-state index in [4.69, 9.17) is 0 Å². The zero-order chi connectivity index (χ0) is 12.9. The SMILES string of the molecule is CN(C)C1N(C)CC[NH+]1C.COS(=O)(=O)[O-]. The molecule has 1 fully saturated rings. The van der Waals surface area contributed by atoms with Gasteiger partial charge in [-0.05, 0) is 21.1 Å².